The molecule has 2 aromatic rings. The van der Waals surface area contributed by atoms with Crippen molar-refractivity contribution in [3.05, 3.63) is 46.2 Å². The number of hydrogen-bond acceptors (Lipinski definition) is 3. The first kappa shape index (κ1) is 14.1. The molecule has 2 rings (SSSR count). The maximum atomic E-state index is 12.7. The fourth-order valence-corrected chi connectivity index (χ4v) is 1.82. The summed E-state index contributed by atoms with van der Waals surface area (Å²) in [7, 11) is 0. The van der Waals surface area contributed by atoms with E-state index in [0.29, 0.717) is 0 Å². The van der Waals surface area contributed by atoms with Gasteiger partial charge in [-0.3, -0.25) is 15.0 Å². The van der Waals surface area contributed by atoms with Crippen LogP contribution in [0, 0.1) is 0 Å². The summed E-state index contributed by atoms with van der Waals surface area (Å²) in [6.45, 7) is -0.283. The van der Waals surface area contributed by atoms with E-state index in [9.17, 15) is 22.8 Å². The highest BCUT2D eigenvalue weighted by Crippen LogP contribution is 2.30. The van der Waals surface area contributed by atoms with E-state index in [4.69, 9.17) is 5.84 Å². The predicted octanol–water partition coefficient (Wildman–Crippen LogP) is 1.01. The van der Waals surface area contributed by atoms with E-state index in [1.165, 1.54) is 16.8 Å². The third-order valence-corrected chi connectivity index (χ3v) is 2.78. The third-order valence-electron chi connectivity index (χ3n) is 2.78. The highest BCUT2D eigenvalue weighted by molar-refractivity contribution is 5.82. The van der Waals surface area contributed by atoms with Gasteiger partial charge in [-0.05, 0) is 18.2 Å². The summed E-state index contributed by atoms with van der Waals surface area (Å²) < 4.78 is 39.3. The predicted molar refractivity (Wildman–Crippen MR) is 65.5 cm³/mol. The molecule has 8 heteroatoms. The molecular formula is C12H10F3N3O2. The zero-order valence-electron chi connectivity index (χ0n) is 10.1. The maximum Gasteiger partial charge on any atom is 0.416 e. The molecule has 0 fully saturated rings. The average molecular weight is 285 g/mol. The van der Waals surface area contributed by atoms with Gasteiger partial charge in [0.15, 0.2) is 5.43 Å². The van der Waals surface area contributed by atoms with Gasteiger partial charge in [-0.15, -0.1) is 0 Å². The van der Waals surface area contributed by atoms with Gasteiger partial charge in [-0.1, -0.05) is 0 Å². The number of hydrogen-bond donors (Lipinski definition) is 2. The molecule has 1 amide bonds. The lowest BCUT2D eigenvalue weighted by Crippen LogP contribution is -2.33. The first-order chi connectivity index (χ1) is 9.32. The molecule has 106 valence electrons. The molecule has 0 unspecified atom stereocenters. The monoisotopic (exact) mass is 285 g/mol. The van der Waals surface area contributed by atoms with Crippen LogP contribution < -0.4 is 16.7 Å². The Hall–Kier alpha value is -2.35. The Labute approximate surface area is 110 Å². The second-order valence-corrected chi connectivity index (χ2v) is 4.11. The van der Waals surface area contributed by atoms with Crippen LogP contribution in [0.25, 0.3) is 10.9 Å². The van der Waals surface area contributed by atoms with Crippen LogP contribution in [-0.4, -0.2) is 10.5 Å². The van der Waals surface area contributed by atoms with Gasteiger partial charge in [0.1, 0.15) is 6.54 Å². The summed E-state index contributed by atoms with van der Waals surface area (Å²) in [5.41, 5.74) is 0.592. The SMILES string of the molecule is NNC(=O)Cn1ccc(=O)c2ccc(C(F)(F)F)cc21. The van der Waals surface area contributed by atoms with Crippen molar-refractivity contribution >= 4 is 16.8 Å². The molecule has 0 saturated heterocycles. The van der Waals surface area contributed by atoms with Crippen molar-refractivity contribution in [3.8, 4) is 0 Å². The van der Waals surface area contributed by atoms with Crippen LogP contribution in [-0.2, 0) is 17.5 Å². The van der Waals surface area contributed by atoms with E-state index in [0.717, 1.165) is 18.2 Å². The molecule has 1 aromatic carbocycles. The van der Waals surface area contributed by atoms with Crippen LogP contribution in [0.1, 0.15) is 5.56 Å². The minimum atomic E-state index is -4.53. The van der Waals surface area contributed by atoms with Crippen molar-refractivity contribution in [1.29, 1.82) is 0 Å². The van der Waals surface area contributed by atoms with Crippen molar-refractivity contribution < 1.29 is 18.0 Å². The van der Waals surface area contributed by atoms with Gasteiger partial charge in [0.25, 0.3) is 5.91 Å². The fourth-order valence-electron chi connectivity index (χ4n) is 1.82. The summed E-state index contributed by atoms with van der Waals surface area (Å²) in [4.78, 5) is 22.9. The van der Waals surface area contributed by atoms with E-state index in [1.807, 2.05) is 5.43 Å². The number of halogens is 3. The standard InChI is InChI=1S/C12H10F3N3O2/c13-12(14,15)7-1-2-8-9(5-7)18(4-3-10(8)19)6-11(20)17-16/h1-5H,6,16H2,(H,17,20). The number of rotatable bonds is 2. The maximum absolute atomic E-state index is 12.7. The molecule has 0 aliphatic heterocycles. The van der Waals surface area contributed by atoms with Crippen LogP contribution in [0.2, 0.25) is 0 Å². The number of carbonyl (C=O) groups is 1. The lowest BCUT2D eigenvalue weighted by Gasteiger charge is -2.12. The normalized spacial score (nSPS) is 11.6. The molecule has 0 aliphatic carbocycles. The molecule has 0 bridgehead atoms. The van der Waals surface area contributed by atoms with Crippen molar-refractivity contribution in [2.24, 2.45) is 5.84 Å². The average Bonchev–Trinajstić information content (AvgIpc) is 2.40. The van der Waals surface area contributed by atoms with Crippen molar-refractivity contribution in [2.75, 3.05) is 0 Å². The number of carbonyl (C=O) groups excluding carboxylic acids is 1. The Morgan fingerprint density at radius 1 is 1.30 bits per heavy atom. The zero-order chi connectivity index (χ0) is 14.9. The Kier molecular flexibility index (Phi) is 3.49. The van der Waals surface area contributed by atoms with Crippen LogP contribution >= 0.6 is 0 Å². The van der Waals surface area contributed by atoms with Gasteiger partial charge in [0.05, 0.1) is 11.1 Å². The first-order valence-electron chi connectivity index (χ1n) is 5.53. The minimum Gasteiger partial charge on any atom is -0.338 e. The van der Waals surface area contributed by atoms with Crippen LogP contribution in [0.3, 0.4) is 0 Å². The Balaban J connectivity index is 2.66. The van der Waals surface area contributed by atoms with Crippen molar-refractivity contribution in [1.82, 2.24) is 9.99 Å². The van der Waals surface area contributed by atoms with Gasteiger partial charge < -0.3 is 4.57 Å². The number of nitrogens with two attached hydrogens (primary N) is 1. The smallest absolute Gasteiger partial charge is 0.338 e. The van der Waals surface area contributed by atoms with Gasteiger partial charge in [0.2, 0.25) is 0 Å². The number of aromatic nitrogens is 1. The molecule has 0 spiro atoms. The lowest BCUT2D eigenvalue weighted by atomic mass is 10.1. The summed E-state index contributed by atoms with van der Waals surface area (Å²) in [6.07, 6.45) is -3.28. The number of amides is 1. The number of benzene rings is 1. The third kappa shape index (κ3) is 2.64. The summed E-state index contributed by atoms with van der Waals surface area (Å²) in [6, 6.07) is 3.94. The van der Waals surface area contributed by atoms with E-state index in [-0.39, 0.29) is 17.4 Å². The number of hydrazine groups is 1. The Morgan fingerprint density at radius 2 is 2.00 bits per heavy atom. The Morgan fingerprint density at radius 3 is 2.60 bits per heavy atom. The lowest BCUT2D eigenvalue weighted by molar-refractivity contribution is -0.137. The molecule has 1 aromatic heterocycles. The summed E-state index contributed by atoms with van der Waals surface area (Å²) in [5.74, 6) is 4.35. The highest BCUT2D eigenvalue weighted by Gasteiger charge is 2.30. The highest BCUT2D eigenvalue weighted by atomic mass is 19.4. The topological polar surface area (TPSA) is 77.1 Å². The fraction of sp³-hybridized carbons (Fsp3) is 0.167. The molecular weight excluding hydrogens is 275 g/mol. The molecule has 0 atom stereocenters. The second kappa shape index (κ2) is 4.97. The molecule has 0 radical (unpaired) electrons. The molecule has 0 aliphatic rings. The van der Waals surface area contributed by atoms with E-state index >= 15 is 0 Å². The zero-order valence-corrected chi connectivity index (χ0v) is 10.1. The Bertz CT molecular complexity index is 722. The molecule has 1 heterocycles. The number of nitrogens with one attached hydrogen (secondary N) is 1. The molecule has 0 saturated carbocycles. The number of alkyl halides is 3. The number of nitrogens with zero attached hydrogens (tertiary/aromatic N) is 1. The van der Waals surface area contributed by atoms with Gasteiger partial charge >= 0.3 is 6.18 Å². The summed E-state index contributed by atoms with van der Waals surface area (Å²) >= 11 is 0. The van der Waals surface area contributed by atoms with Crippen LogP contribution in [0.4, 0.5) is 13.2 Å². The molecule has 5 nitrogen and oxygen atoms in total. The van der Waals surface area contributed by atoms with Crippen molar-refractivity contribution in [3.63, 3.8) is 0 Å². The number of fused-ring (bicyclic) bond motifs is 1. The largest absolute Gasteiger partial charge is 0.416 e. The van der Waals surface area contributed by atoms with E-state index in [2.05, 4.69) is 0 Å². The minimum absolute atomic E-state index is 0.0240. The second-order valence-electron chi connectivity index (χ2n) is 4.11. The van der Waals surface area contributed by atoms with Gasteiger partial charge in [0, 0.05) is 17.6 Å². The molecule has 20 heavy (non-hydrogen) atoms. The van der Waals surface area contributed by atoms with E-state index in [1.54, 1.807) is 0 Å². The van der Waals surface area contributed by atoms with Crippen LogP contribution in [0.15, 0.2) is 35.3 Å². The van der Waals surface area contributed by atoms with Crippen molar-refractivity contribution in [2.45, 2.75) is 12.7 Å². The quantitative estimate of drug-likeness (QED) is 0.491. The van der Waals surface area contributed by atoms with Gasteiger partial charge in [-0.2, -0.15) is 13.2 Å². The summed E-state index contributed by atoms with van der Waals surface area (Å²) in [5, 5.41) is 0.102. The van der Waals surface area contributed by atoms with Gasteiger partial charge in [-0.25, -0.2) is 5.84 Å². The van der Waals surface area contributed by atoms with Crippen LogP contribution in [0.5, 0.6) is 0 Å². The number of pyridine rings is 1. The molecule has 3 N–H and O–H groups in total. The van der Waals surface area contributed by atoms with E-state index < -0.39 is 23.1 Å². The first-order valence-corrected chi connectivity index (χ1v) is 5.53.